The number of hydrogen-bond acceptors (Lipinski definition) is 3. The molecule has 4 rings (SSSR count). The minimum absolute atomic E-state index is 0. The molecular formula is C19H27FIN3OS. The van der Waals surface area contributed by atoms with Crippen LogP contribution in [0.3, 0.4) is 0 Å². The van der Waals surface area contributed by atoms with Gasteiger partial charge in [0, 0.05) is 36.4 Å². The van der Waals surface area contributed by atoms with Crippen LogP contribution < -0.4 is 5.32 Å². The molecule has 1 aromatic carbocycles. The first-order valence-electron chi connectivity index (χ1n) is 9.20. The summed E-state index contributed by atoms with van der Waals surface area (Å²) >= 11 is 1.64. The van der Waals surface area contributed by atoms with Crippen LogP contribution >= 0.6 is 35.7 Å². The quantitative estimate of drug-likeness (QED) is 0.302. The largest absolute Gasteiger partial charge is 0.374 e. The highest BCUT2D eigenvalue weighted by atomic mass is 127. The first-order chi connectivity index (χ1) is 12.2. The number of rotatable bonds is 4. The molecule has 3 saturated heterocycles. The maximum Gasteiger partial charge on any atom is 0.194 e. The van der Waals surface area contributed by atoms with Gasteiger partial charge >= 0.3 is 0 Å². The van der Waals surface area contributed by atoms with Gasteiger partial charge in [0.15, 0.2) is 5.96 Å². The molecule has 1 aromatic rings. The van der Waals surface area contributed by atoms with E-state index in [0.717, 1.165) is 36.1 Å². The van der Waals surface area contributed by atoms with Crippen LogP contribution in [0.2, 0.25) is 0 Å². The summed E-state index contributed by atoms with van der Waals surface area (Å²) in [5, 5.41) is 3.42. The Labute approximate surface area is 176 Å². The zero-order chi connectivity index (χ0) is 17.4. The average Bonchev–Trinajstić information content (AvgIpc) is 3.31. The fraction of sp³-hybridized carbons (Fsp3) is 0.632. The van der Waals surface area contributed by atoms with E-state index in [1.54, 1.807) is 17.8 Å². The minimum Gasteiger partial charge on any atom is -0.374 e. The predicted molar refractivity (Wildman–Crippen MR) is 115 cm³/mol. The topological polar surface area (TPSA) is 36.9 Å². The molecule has 4 atom stereocenters. The van der Waals surface area contributed by atoms with Gasteiger partial charge in [-0.2, -0.15) is 0 Å². The van der Waals surface area contributed by atoms with Gasteiger partial charge in [-0.1, -0.05) is 0 Å². The van der Waals surface area contributed by atoms with Crippen molar-refractivity contribution in [2.75, 3.05) is 25.9 Å². The fourth-order valence-corrected chi connectivity index (χ4v) is 5.18. The van der Waals surface area contributed by atoms with Crippen LogP contribution in [0.1, 0.15) is 25.3 Å². The van der Waals surface area contributed by atoms with Crippen LogP contribution in [0.15, 0.2) is 28.1 Å². The van der Waals surface area contributed by atoms with Gasteiger partial charge in [-0.05, 0) is 49.8 Å². The summed E-state index contributed by atoms with van der Waals surface area (Å²) in [4.78, 5) is 8.29. The van der Waals surface area contributed by atoms with Crippen molar-refractivity contribution in [3.63, 3.8) is 0 Å². The number of hydrogen-bond donors (Lipinski definition) is 1. The van der Waals surface area contributed by atoms with Crippen molar-refractivity contribution in [1.29, 1.82) is 0 Å². The van der Waals surface area contributed by atoms with Gasteiger partial charge in [0.25, 0.3) is 0 Å². The third kappa shape index (κ3) is 3.85. The fourth-order valence-electron chi connectivity index (χ4n) is 4.59. The number of benzene rings is 1. The number of nitrogens with one attached hydrogen (secondary N) is 1. The van der Waals surface area contributed by atoms with Crippen molar-refractivity contribution in [3.05, 3.63) is 29.6 Å². The SMILES string of the molecule is CCNC(=NCc1cc(F)ccc1SC)N1CC2C3CCC(O3)C2C1.I. The highest BCUT2D eigenvalue weighted by Gasteiger charge is 2.53. The molecule has 4 nitrogen and oxygen atoms in total. The van der Waals surface area contributed by atoms with Gasteiger partial charge in [-0.15, -0.1) is 35.7 Å². The Kier molecular flexibility index (Phi) is 6.72. The third-order valence-electron chi connectivity index (χ3n) is 5.73. The van der Waals surface area contributed by atoms with E-state index in [4.69, 9.17) is 9.73 Å². The summed E-state index contributed by atoms with van der Waals surface area (Å²) in [6.45, 7) is 5.49. The number of thioether (sulfide) groups is 1. The second-order valence-corrected chi connectivity index (χ2v) is 8.00. The summed E-state index contributed by atoms with van der Waals surface area (Å²) < 4.78 is 19.7. The van der Waals surface area contributed by atoms with Gasteiger partial charge in [0.05, 0.1) is 18.8 Å². The third-order valence-corrected chi connectivity index (χ3v) is 6.57. The summed E-state index contributed by atoms with van der Waals surface area (Å²) in [7, 11) is 0. The number of halogens is 2. The molecular weight excluding hydrogens is 464 g/mol. The molecule has 26 heavy (non-hydrogen) atoms. The molecule has 2 bridgehead atoms. The second kappa shape index (κ2) is 8.65. The number of likely N-dealkylation sites (tertiary alicyclic amines) is 1. The van der Waals surface area contributed by atoms with Crippen molar-refractivity contribution in [2.45, 2.75) is 43.4 Å². The van der Waals surface area contributed by atoms with Crippen molar-refractivity contribution in [2.24, 2.45) is 16.8 Å². The first-order valence-corrected chi connectivity index (χ1v) is 10.4. The molecule has 3 fully saturated rings. The van der Waals surface area contributed by atoms with Gasteiger partial charge in [-0.25, -0.2) is 9.38 Å². The normalized spacial score (nSPS) is 29.7. The average molecular weight is 491 g/mol. The van der Waals surface area contributed by atoms with Crippen LogP contribution in [0, 0.1) is 17.7 Å². The zero-order valence-electron chi connectivity index (χ0n) is 15.3. The van der Waals surface area contributed by atoms with E-state index in [2.05, 4.69) is 17.1 Å². The van der Waals surface area contributed by atoms with Gasteiger partial charge in [0.2, 0.25) is 0 Å². The molecule has 3 heterocycles. The summed E-state index contributed by atoms with van der Waals surface area (Å²) in [5.74, 6) is 2.06. The second-order valence-electron chi connectivity index (χ2n) is 7.15. The molecule has 3 aliphatic heterocycles. The molecule has 0 spiro atoms. The van der Waals surface area contributed by atoms with E-state index in [9.17, 15) is 4.39 Å². The number of fused-ring (bicyclic) bond motifs is 5. The lowest BCUT2D eigenvalue weighted by Crippen LogP contribution is -2.41. The van der Waals surface area contributed by atoms with Crippen LogP contribution in [0.4, 0.5) is 4.39 Å². The van der Waals surface area contributed by atoms with E-state index in [0.29, 0.717) is 30.6 Å². The number of guanidine groups is 1. The molecule has 1 N–H and O–H groups in total. The van der Waals surface area contributed by atoms with E-state index < -0.39 is 0 Å². The number of aliphatic imine (C=N–C) groups is 1. The Morgan fingerprint density at radius 2 is 2.00 bits per heavy atom. The van der Waals surface area contributed by atoms with Crippen molar-refractivity contribution >= 4 is 41.7 Å². The van der Waals surface area contributed by atoms with E-state index in [1.165, 1.54) is 18.9 Å². The summed E-state index contributed by atoms with van der Waals surface area (Å²) in [5.41, 5.74) is 0.950. The highest BCUT2D eigenvalue weighted by Crippen LogP contribution is 2.47. The van der Waals surface area contributed by atoms with Crippen LogP contribution in [0.5, 0.6) is 0 Å². The molecule has 0 radical (unpaired) electrons. The molecule has 4 unspecified atom stereocenters. The van der Waals surface area contributed by atoms with Gasteiger partial charge in [0.1, 0.15) is 5.82 Å². The Bertz CT molecular complexity index is 656. The van der Waals surface area contributed by atoms with E-state index in [1.807, 2.05) is 12.3 Å². The molecule has 3 aliphatic rings. The lowest BCUT2D eigenvalue weighted by molar-refractivity contribution is 0.0767. The molecule has 0 aliphatic carbocycles. The van der Waals surface area contributed by atoms with Crippen LogP contribution in [0.25, 0.3) is 0 Å². The Morgan fingerprint density at radius 3 is 2.62 bits per heavy atom. The Balaban J connectivity index is 0.00000196. The molecule has 0 aromatic heterocycles. The van der Waals surface area contributed by atoms with E-state index in [-0.39, 0.29) is 29.8 Å². The lowest BCUT2D eigenvalue weighted by atomic mass is 9.82. The predicted octanol–water partition coefficient (Wildman–Crippen LogP) is 3.74. The molecule has 144 valence electrons. The van der Waals surface area contributed by atoms with Crippen molar-refractivity contribution in [3.8, 4) is 0 Å². The minimum atomic E-state index is -0.197. The molecule has 7 heteroatoms. The van der Waals surface area contributed by atoms with E-state index >= 15 is 0 Å². The standard InChI is InChI=1S/C19H26FN3OS.HI/c1-3-21-19(22-9-12-8-13(20)4-7-18(12)25-2)23-10-14-15(11-23)17-6-5-16(14)24-17;/h4,7-8,14-17H,3,5-6,9-11H2,1-2H3,(H,21,22);1H. The van der Waals surface area contributed by atoms with Gasteiger partial charge < -0.3 is 15.0 Å². The summed E-state index contributed by atoms with van der Waals surface area (Å²) in [6.07, 6.45) is 5.35. The number of nitrogens with zero attached hydrogens (tertiary/aromatic N) is 2. The zero-order valence-corrected chi connectivity index (χ0v) is 18.4. The van der Waals surface area contributed by atoms with Crippen LogP contribution in [-0.2, 0) is 11.3 Å². The molecule has 0 saturated carbocycles. The Hall–Kier alpha value is -0.540. The first kappa shape index (κ1) is 20.2. The molecule has 0 amide bonds. The smallest absolute Gasteiger partial charge is 0.194 e. The monoisotopic (exact) mass is 491 g/mol. The van der Waals surface area contributed by atoms with Crippen LogP contribution in [-0.4, -0.2) is 49.0 Å². The maximum atomic E-state index is 13.6. The summed E-state index contributed by atoms with van der Waals surface area (Å²) in [6, 6.07) is 4.96. The highest BCUT2D eigenvalue weighted by molar-refractivity contribution is 14.0. The number of ether oxygens (including phenoxy) is 1. The van der Waals surface area contributed by atoms with Crippen molar-refractivity contribution < 1.29 is 9.13 Å². The maximum absolute atomic E-state index is 13.6. The van der Waals surface area contributed by atoms with Crippen molar-refractivity contribution in [1.82, 2.24) is 10.2 Å². The Morgan fingerprint density at radius 1 is 1.31 bits per heavy atom. The lowest BCUT2D eigenvalue weighted by Gasteiger charge is -2.23. The van der Waals surface area contributed by atoms with Gasteiger partial charge in [-0.3, -0.25) is 0 Å².